The normalized spacial score (nSPS) is 14.3. The van der Waals surface area contributed by atoms with Crippen molar-refractivity contribution in [2.45, 2.75) is 32.5 Å². The van der Waals surface area contributed by atoms with Crippen LogP contribution in [0.15, 0.2) is 0 Å². The molecule has 0 saturated carbocycles. The van der Waals surface area contributed by atoms with Gasteiger partial charge < -0.3 is 4.90 Å². The highest BCUT2D eigenvalue weighted by Gasteiger charge is 2.03. The van der Waals surface area contributed by atoms with Crippen molar-refractivity contribution in [3.63, 3.8) is 0 Å². The maximum Gasteiger partial charge on any atom is 0.0233 e. The molecule has 0 bridgehead atoms. The first-order valence-corrected chi connectivity index (χ1v) is 4.34. The molecule has 9 heavy (non-hydrogen) atoms. The van der Waals surface area contributed by atoms with E-state index in [2.05, 4.69) is 35.0 Å². The Balaban J connectivity index is 3.32. The number of hydrogen-bond acceptors (Lipinski definition) is 1. The van der Waals surface area contributed by atoms with Crippen LogP contribution >= 0.6 is 9.24 Å². The van der Waals surface area contributed by atoms with Gasteiger partial charge in [-0.05, 0) is 26.4 Å². The molecule has 0 aromatic carbocycles. The minimum absolute atomic E-state index is 0.671. The van der Waals surface area contributed by atoms with E-state index in [0.717, 1.165) is 0 Å². The molecule has 0 fully saturated rings. The second-order valence-electron chi connectivity index (χ2n) is 2.46. The Bertz CT molecular complexity index is 65.9. The fraction of sp³-hybridized carbons (Fsp3) is 1.00. The molecule has 2 atom stereocenters. The average Bonchev–Trinajstić information content (AvgIpc) is 1.87. The molecule has 0 aliphatic rings. The van der Waals surface area contributed by atoms with Crippen molar-refractivity contribution >= 4 is 9.24 Å². The minimum Gasteiger partial charge on any atom is -0.300 e. The van der Waals surface area contributed by atoms with Gasteiger partial charge in [0.25, 0.3) is 0 Å². The molecule has 0 N–H and O–H groups in total. The van der Waals surface area contributed by atoms with Crippen molar-refractivity contribution in [3.05, 3.63) is 0 Å². The van der Waals surface area contributed by atoms with Crippen molar-refractivity contribution < 1.29 is 0 Å². The Morgan fingerprint density at radius 3 is 2.33 bits per heavy atom. The van der Waals surface area contributed by atoms with Crippen molar-refractivity contribution in [2.24, 2.45) is 0 Å². The molecule has 0 heterocycles. The van der Waals surface area contributed by atoms with E-state index in [0.29, 0.717) is 5.78 Å². The third-order valence-corrected chi connectivity index (χ3v) is 2.54. The molecule has 0 aliphatic heterocycles. The van der Waals surface area contributed by atoms with E-state index in [1.807, 2.05) is 0 Å². The zero-order chi connectivity index (χ0) is 7.28. The first-order valence-electron chi connectivity index (χ1n) is 3.68. The van der Waals surface area contributed by atoms with Gasteiger partial charge >= 0.3 is 0 Å². The van der Waals surface area contributed by atoms with Crippen LogP contribution in [0.3, 0.4) is 0 Å². The summed E-state index contributed by atoms with van der Waals surface area (Å²) in [5, 5.41) is 0. The highest BCUT2D eigenvalue weighted by Crippen LogP contribution is 2.08. The second kappa shape index (κ2) is 5.20. The Labute approximate surface area is 61.0 Å². The first kappa shape index (κ1) is 9.39. The molecule has 0 aliphatic carbocycles. The lowest BCUT2D eigenvalue weighted by Crippen LogP contribution is -2.26. The van der Waals surface area contributed by atoms with Gasteiger partial charge in [0.05, 0.1) is 0 Å². The van der Waals surface area contributed by atoms with Crippen molar-refractivity contribution in [2.75, 3.05) is 13.6 Å². The van der Waals surface area contributed by atoms with Crippen molar-refractivity contribution in [1.29, 1.82) is 0 Å². The van der Waals surface area contributed by atoms with Gasteiger partial charge in [-0.25, -0.2) is 0 Å². The molecule has 0 aromatic rings. The van der Waals surface area contributed by atoms with E-state index < -0.39 is 0 Å². The fourth-order valence-electron chi connectivity index (χ4n) is 0.830. The third kappa shape index (κ3) is 3.89. The van der Waals surface area contributed by atoms with Gasteiger partial charge in [-0.1, -0.05) is 13.8 Å². The minimum atomic E-state index is 0.671. The van der Waals surface area contributed by atoms with E-state index in [1.165, 1.54) is 19.4 Å². The van der Waals surface area contributed by atoms with E-state index in [1.54, 1.807) is 0 Å². The Morgan fingerprint density at radius 2 is 2.00 bits per heavy atom. The lowest BCUT2D eigenvalue weighted by atomic mass is 10.4. The highest BCUT2D eigenvalue weighted by molar-refractivity contribution is 7.17. The molecule has 2 heteroatoms. The summed E-state index contributed by atoms with van der Waals surface area (Å²) in [6.07, 6.45) is 2.47. The molecule has 0 rings (SSSR count). The highest BCUT2D eigenvalue weighted by atomic mass is 31.0. The molecule has 0 aromatic heterocycles. The molecule has 0 radical (unpaired) electrons. The molecule has 0 saturated heterocycles. The summed E-state index contributed by atoms with van der Waals surface area (Å²) in [4.78, 5) is 2.37. The van der Waals surface area contributed by atoms with Gasteiger partial charge in [0.2, 0.25) is 0 Å². The maximum absolute atomic E-state index is 2.85. The second-order valence-corrected chi connectivity index (χ2v) is 3.23. The topological polar surface area (TPSA) is 3.24 Å². The van der Waals surface area contributed by atoms with Crippen LogP contribution in [-0.4, -0.2) is 24.3 Å². The molecule has 0 amide bonds. The summed E-state index contributed by atoms with van der Waals surface area (Å²) in [6.45, 7) is 5.63. The largest absolute Gasteiger partial charge is 0.300 e. The standard InChI is InChI=1S/C7H18NP/c1-4-6-8(3)7(9)5-2/h7H,4-6,9H2,1-3H3. The van der Waals surface area contributed by atoms with E-state index in [-0.39, 0.29) is 0 Å². The Kier molecular flexibility index (Phi) is 5.42. The van der Waals surface area contributed by atoms with E-state index >= 15 is 0 Å². The number of rotatable bonds is 4. The molecular formula is C7H18NP. The molecule has 56 valence electrons. The molecule has 0 spiro atoms. The van der Waals surface area contributed by atoms with Crippen LogP contribution in [0.2, 0.25) is 0 Å². The predicted molar refractivity (Wildman–Crippen MR) is 46.7 cm³/mol. The van der Waals surface area contributed by atoms with Gasteiger partial charge in [-0.15, -0.1) is 9.24 Å². The van der Waals surface area contributed by atoms with Crippen molar-refractivity contribution in [1.82, 2.24) is 4.90 Å². The summed E-state index contributed by atoms with van der Waals surface area (Å²) in [6, 6.07) is 0. The summed E-state index contributed by atoms with van der Waals surface area (Å²) in [5.41, 5.74) is 0. The Hall–Kier alpha value is 0.390. The summed E-state index contributed by atoms with van der Waals surface area (Å²) >= 11 is 0. The van der Waals surface area contributed by atoms with Crippen LogP contribution in [0, 0.1) is 0 Å². The summed E-state index contributed by atoms with van der Waals surface area (Å²) in [7, 11) is 5.02. The summed E-state index contributed by atoms with van der Waals surface area (Å²) in [5.74, 6) is 0.671. The predicted octanol–water partition coefficient (Wildman–Crippen LogP) is 1.94. The van der Waals surface area contributed by atoms with Crippen LogP contribution in [0.5, 0.6) is 0 Å². The number of hydrogen-bond donors (Lipinski definition) is 0. The van der Waals surface area contributed by atoms with Crippen LogP contribution in [-0.2, 0) is 0 Å². The quantitative estimate of drug-likeness (QED) is 0.549. The van der Waals surface area contributed by atoms with Crippen LogP contribution in [0.4, 0.5) is 0 Å². The fourth-order valence-corrected chi connectivity index (χ4v) is 0.979. The SMILES string of the molecule is CCCN(C)C(P)CC. The summed E-state index contributed by atoms with van der Waals surface area (Å²) < 4.78 is 0. The van der Waals surface area contributed by atoms with Gasteiger partial charge in [0.15, 0.2) is 0 Å². The van der Waals surface area contributed by atoms with Gasteiger partial charge in [0.1, 0.15) is 0 Å². The average molecular weight is 147 g/mol. The molecule has 1 nitrogen and oxygen atoms in total. The zero-order valence-electron chi connectivity index (χ0n) is 6.72. The monoisotopic (exact) mass is 147 g/mol. The van der Waals surface area contributed by atoms with Crippen LogP contribution in [0.25, 0.3) is 0 Å². The van der Waals surface area contributed by atoms with E-state index in [4.69, 9.17) is 0 Å². The van der Waals surface area contributed by atoms with Crippen LogP contribution < -0.4 is 0 Å². The molecular weight excluding hydrogens is 129 g/mol. The lowest BCUT2D eigenvalue weighted by Gasteiger charge is -2.21. The van der Waals surface area contributed by atoms with Crippen molar-refractivity contribution in [3.8, 4) is 0 Å². The smallest absolute Gasteiger partial charge is 0.0233 e. The van der Waals surface area contributed by atoms with E-state index in [9.17, 15) is 0 Å². The van der Waals surface area contributed by atoms with Gasteiger partial charge in [-0.3, -0.25) is 0 Å². The molecule has 2 unspecified atom stereocenters. The first-order chi connectivity index (χ1) is 4.22. The van der Waals surface area contributed by atoms with Crippen LogP contribution in [0.1, 0.15) is 26.7 Å². The van der Waals surface area contributed by atoms with Gasteiger partial charge in [-0.2, -0.15) is 0 Å². The maximum atomic E-state index is 2.85. The lowest BCUT2D eigenvalue weighted by molar-refractivity contribution is 0.308. The number of nitrogens with zero attached hydrogens (tertiary/aromatic N) is 1. The zero-order valence-corrected chi connectivity index (χ0v) is 7.88. The third-order valence-electron chi connectivity index (χ3n) is 1.56. The Morgan fingerprint density at radius 1 is 1.44 bits per heavy atom. The van der Waals surface area contributed by atoms with Gasteiger partial charge in [0, 0.05) is 5.78 Å².